The molecule has 0 saturated carbocycles. The molecule has 0 bridgehead atoms. The summed E-state index contributed by atoms with van der Waals surface area (Å²) in [5.41, 5.74) is -0.661. The number of hydrogen-bond donors (Lipinski definition) is 2. The van der Waals surface area contributed by atoms with Gasteiger partial charge >= 0.3 is 0 Å². The lowest BCUT2D eigenvalue weighted by molar-refractivity contribution is -0.0360. The minimum Gasteiger partial charge on any atom is -0.378 e. The van der Waals surface area contributed by atoms with Crippen molar-refractivity contribution < 1.29 is 13.5 Å². The lowest BCUT2D eigenvalue weighted by Crippen LogP contribution is -2.55. The predicted octanol–water partition coefficient (Wildman–Crippen LogP) is 2.61. The molecule has 6 rings (SSSR count). The SMILES string of the molecule is FC(F)C1(c2nc(N3CCOCC3)cc(N3CCN(N4CC[CH]CC4)CC3)n2)Nc2ccccc2N1. The number of nitrogens with zero attached hydrogens (tertiary/aromatic N) is 6. The normalized spacial score (nSPS) is 22.9. The van der Waals surface area contributed by atoms with Crippen LogP contribution in [0, 0.1) is 6.42 Å². The summed E-state index contributed by atoms with van der Waals surface area (Å²) in [5, 5.41) is 10.9. The molecule has 4 aliphatic heterocycles. The minimum atomic E-state index is -2.77. The second kappa shape index (κ2) is 9.95. The van der Waals surface area contributed by atoms with E-state index in [0.717, 1.165) is 52.1 Å². The first-order valence-electron chi connectivity index (χ1n) is 12.8. The topological polar surface area (TPSA) is 72.0 Å². The Morgan fingerprint density at radius 2 is 1.33 bits per heavy atom. The number of rotatable bonds is 5. The quantitative estimate of drug-likeness (QED) is 0.646. The van der Waals surface area contributed by atoms with E-state index >= 15 is 0 Å². The first-order valence-corrected chi connectivity index (χ1v) is 12.8. The van der Waals surface area contributed by atoms with E-state index < -0.39 is 12.1 Å². The third kappa shape index (κ3) is 4.44. The van der Waals surface area contributed by atoms with Crippen LogP contribution in [0.2, 0.25) is 0 Å². The maximum atomic E-state index is 14.8. The van der Waals surface area contributed by atoms with Crippen LogP contribution in [0.15, 0.2) is 30.3 Å². The van der Waals surface area contributed by atoms with Gasteiger partial charge in [0.2, 0.25) is 5.66 Å². The molecule has 0 aliphatic carbocycles. The largest absolute Gasteiger partial charge is 0.378 e. The molecule has 4 aliphatic rings. The van der Waals surface area contributed by atoms with Gasteiger partial charge in [-0.2, -0.15) is 0 Å². The third-order valence-corrected chi connectivity index (χ3v) is 7.47. The highest BCUT2D eigenvalue weighted by Gasteiger charge is 2.50. The highest BCUT2D eigenvalue weighted by molar-refractivity contribution is 5.77. The summed E-state index contributed by atoms with van der Waals surface area (Å²) in [7, 11) is 0. The molecular formula is C25H33F2N8O. The standard InChI is InChI=1S/C25H33F2N8O/c26-23(27)25(30-19-6-2-3-7-20(19)31-25)24-28-21(18-22(29-24)33-14-16-36-17-15-33)32-10-12-35(13-11-32)34-8-4-1-5-9-34/h1-3,6-7,18,23,30-31H,4-5,8-17H2. The highest BCUT2D eigenvalue weighted by Crippen LogP contribution is 2.42. The molecule has 0 amide bonds. The van der Waals surface area contributed by atoms with Crippen molar-refractivity contribution in [2.24, 2.45) is 0 Å². The van der Waals surface area contributed by atoms with Gasteiger partial charge in [0.05, 0.1) is 24.6 Å². The maximum Gasteiger partial charge on any atom is 0.286 e. The Hall–Kier alpha value is -2.76. The van der Waals surface area contributed by atoms with E-state index in [1.807, 2.05) is 18.2 Å². The summed E-state index contributed by atoms with van der Waals surface area (Å²) < 4.78 is 35.1. The Morgan fingerprint density at radius 1 is 0.778 bits per heavy atom. The van der Waals surface area contributed by atoms with Crippen LogP contribution in [0.25, 0.3) is 0 Å². The van der Waals surface area contributed by atoms with Crippen LogP contribution in [0.1, 0.15) is 18.7 Å². The second-order valence-electron chi connectivity index (χ2n) is 9.67. The van der Waals surface area contributed by atoms with E-state index in [-0.39, 0.29) is 5.82 Å². The average Bonchev–Trinajstić information content (AvgIpc) is 3.35. The number of hydrazine groups is 1. The summed E-state index contributed by atoms with van der Waals surface area (Å²) in [5.74, 6) is 1.40. The van der Waals surface area contributed by atoms with E-state index in [2.05, 4.69) is 36.9 Å². The van der Waals surface area contributed by atoms with Crippen molar-refractivity contribution in [3.05, 3.63) is 42.6 Å². The van der Waals surface area contributed by atoms with Gasteiger partial charge in [0, 0.05) is 58.4 Å². The molecule has 1 radical (unpaired) electrons. The number of fused-ring (bicyclic) bond motifs is 1. The van der Waals surface area contributed by atoms with Gasteiger partial charge in [-0.15, -0.1) is 0 Å². The molecular weight excluding hydrogens is 466 g/mol. The number of hydrogen-bond acceptors (Lipinski definition) is 9. The lowest BCUT2D eigenvalue weighted by atomic mass is 10.1. The number of alkyl halides is 2. The Bertz CT molecular complexity index is 1030. The zero-order chi connectivity index (χ0) is 24.5. The van der Waals surface area contributed by atoms with E-state index in [4.69, 9.17) is 14.7 Å². The van der Waals surface area contributed by atoms with Gasteiger partial charge in [0.25, 0.3) is 6.43 Å². The molecule has 36 heavy (non-hydrogen) atoms. The maximum absolute atomic E-state index is 14.8. The summed E-state index contributed by atoms with van der Waals surface area (Å²) in [6, 6.07) is 9.17. The third-order valence-electron chi connectivity index (χ3n) is 7.47. The molecule has 193 valence electrons. The van der Waals surface area contributed by atoms with Crippen molar-refractivity contribution in [1.82, 2.24) is 20.0 Å². The van der Waals surface area contributed by atoms with Crippen molar-refractivity contribution in [2.75, 3.05) is 86.0 Å². The average molecular weight is 500 g/mol. The molecule has 2 aromatic rings. The second-order valence-corrected chi connectivity index (χ2v) is 9.67. The van der Waals surface area contributed by atoms with Gasteiger partial charge in [-0.1, -0.05) is 12.1 Å². The fourth-order valence-electron chi connectivity index (χ4n) is 5.42. The van der Waals surface area contributed by atoms with E-state index in [9.17, 15) is 8.78 Å². The van der Waals surface area contributed by atoms with Gasteiger partial charge < -0.3 is 25.2 Å². The van der Waals surface area contributed by atoms with Gasteiger partial charge in [-0.05, 0) is 31.4 Å². The molecule has 2 N–H and O–H groups in total. The summed E-state index contributed by atoms with van der Waals surface area (Å²) >= 11 is 0. The number of ether oxygens (including phenoxy) is 1. The Labute approximate surface area is 210 Å². The highest BCUT2D eigenvalue weighted by atomic mass is 19.3. The minimum absolute atomic E-state index is 0.0571. The molecule has 3 fully saturated rings. The molecule has 3 saturated heterocycles. The number of nitrogens with one attached hydrogen (secondary N) is 2. The molecule has 9 nitrogen and oxygen atoms in total. The Kier molecular flexibility index (Phi) is 6.53. The van der Waals surface area contributed by atoms with Crippen molar-refractivity contribution in [2.45, 2.75) is 24.9 Å². The number of benzene rings is 1. The number of anilines is 4. The predicted molar refractivity (Wildman–Crippen MR) is 135 cm³/mol. The summed E-state index contributed by atoms with van der Waals surface area (Å²) in [4.78, 5) is 13.8. The number of para-hydroxylation sites is 2. The first-order chi connectivity index (χ1) is 17.6. The van der Waals surface area contributed by atoms with E-state index in [1.54, 1.807) is 12.1 Å². The molecule has 5 heterocycles. The molecule has 0 spiro atoms. The molecule has 11 heteroatoms. The van der Waals surface area contributed by atoms with Crippen molar-refractivity contribution in [3.8, 4) is 0 Å². The zero-order valence-corrected chi connectivity index (χ0v) is 20.4. The van der Waals surface area contributed by atoms with Crippen LogP contribution < -0.4 is 20.4 Å². The van der Waals surface area contributed by atoms with Gasteiger partial charge in [-0.25, -0.2) is 28.8 Å². The number of aromatic nitrogens is 2. The summed E-state index contributed by atoms with van der Waals surface area (Å²) in [6.07, 6.45) is 1.82. The van der Waals surface area contributed by atoms with Gasteiger partial charge in [-0.3, -0.25) is 0 Å². The molecule has 0 atom stereocenters. The number of halogens is 2. The number of morpholine rings is 1. The van der Waals surface area contributed by atoms with Crippen LogP contribution in [-0.4, -0.2) is 92.0 Å². The number of piperidine rings is 1. The van der Waals surface area contributed by atoms with E-state index in [1.165, 1.54) is 0 Å². The lowest BCUT2D eigenvalue weighted by Gasteiger charge is -2.43. The summed E-state index contributed by atoms with van der Waals surface area (Å²) in [6.45, 7) is 7.95. The fourth-order valence-corrected chi connectivity index (χ4v) is 5.42. The monoisotopic (exact) mass is 499 g/mol. The van der Waals surface area contributed by atoms with Crippen LogP contribution in [0.3, 0.4) is 0 Å². The number of piperazine rings is 1. The van der Waals surface area contributed by atoms with Crippen molar-refractivity contribution in [3.63, 3.8) is 0 Å². The molecule has 1 aromatic heterocycles. The Morgan fingerprint density at radius 3 is 1.92 bits per heavy atom. The Balaban J connectivity index is 1.31. The fraction of sp³-hybridized carbons (Fsp3) is 0.560. The smallest absolute Gasteiger partial charge is 0.286 e. The van der Waals surface area contributed by atoms with Gasteiger partial charge in [0.15, 0.2) is 5.82 Å². The molecule has 0 unspecified atom stereocenters. The van der Waals surface area contributed by atoms with E-state index in [0.29, 0.717) is 49.3 Å². The van der Waals surface area contributed by atoms with Crippen LogP contribution in [0.4, 0.5) is 31.8 Å². The first kappa shape index (κ1) is 23.6. The molecule has 1 aromatic carbocycles. The van der Waals surface area contributed by atoms with Crippen molar-refractivity contribution in [1.29, 1.82) is 0 Å². The van der Waals surface area contributed by atoms with Gasteiger partial charge in [0.1, 0.15) is 11.6 Å². The van der Waals surface area contributed by atoms with Crippen LogP contribution >= 0.6 is 0 Å². The zero-order valence-electron chi connectivity index (χ0n) is 20.4. The van der Waals surface area contributed by atoms with Crippen LogP contribution in [-0.2, 0) is 10.4 Å². The van der Waals surface area contributed by atoms with Crippen LogP contribution in [0.5, 0.6) is 0 Å². The van der Waals surface area contributed by atoms with Crippen molar-refractivity contribution >= 4 is 23.0 Å².